The van der Waals surface area contributed by atoms with Crippen LogP contribution in [0.25, 0.3) is 11.3 Å². The van der Waals surface area contributed by atoms with Crippen LogP contribution in [0, 0.1) is 5.92 Å². The molecule has 0 spiro atoms. The molecule has 0 saturated carbocycles. The van der Waals surface area contributed by atoms with Gasteiger partial charge >= 0.3 is 0 Å². The van der Waals surface area contributed by atoms with E-state index in [2.05, 4.69) is 29.1 Å². The Bertz CT molecular complexity index is 656. The summed E-state index contributed by atoms with van der Waals surface area (Å²) < 4.78 is 13.2. The first-order valence-corrected chi connectivity index (χ1v) is 8.53. The minimum Gasteiger partial charge on any atom is -0.496 e. The molecule has 24 heavy (non-hydrogen) atoms. The standard InChI is InChI=1S/C18H26N4O2/c1-14(2)10-21-8-9-24-15(11-21)12-22-13-17(19-20-22)16-6-4-5-7-18(16)23-3/h4-7,13-15H,8-12H2,1-3H3. The van der Waals surface area contributed by atoms with Crippen molar-refractivity contribution in [3.05, 3.63) is 30.5 Å². The van der Waals surface area contributed by atoms with Gasteiger partial charge in [0.1, 0.15) is 11.4 Å². The largest absolute Gasteiger partial charge is 0.496 e. The van der Waals surface area contributed by atoms with Gasteiger partial charge in [0.2, 0.25) is 0 Å². The first-order valence-electron chi connectivity index (χ1n) is 8.53. The molecule has 1 aliphatic rings. The van der Waals surface area contributed by atoms with Crippen LogP contribution in [0.4, 0.5) is 0 Å². The number of hydrogen-bond acceptors (Lipinski definition) is 5. The molecule has 1 aromatic heterocycles. The molecule has 3 rings (SSSR count). The Balaban J connectivity index is 1.66. The summed E-state index contributed by atoms with van der Waals surface area (Å²) >= 11 is 0. The fourth-order valence-corrected chi connectivity index (χ4v) is 3.15. The highest BCUT2D eigenvalue weighted by Crippen LogP contribution is 2.27. The lowest BCUT2D eigenvalue weighted by molar-refractivity contribution is -0.0406. The van der Waals surface area contributed by atoms with E-state index in [1.165, 1.54) is 0 Å². The summed E-state index contributed by atoms with van der Waals surface area (Å²) in [4.78, 5) is 2.47. The van der Waals surface area contributed by atoms with Gasteiger partial charge in [-0.3, -0.25) is 4.90 Å². The second-order valence-corrected chi connectivity index (χ2v) is 6.67. The topological polar surface area (TPSA) is 52.4 Å². The lowest BCUT2D eigenvalue weighted by Gasteiger charge is -2.33. The van der Waals surface area contributed by atoms with E-state index in [0.29, 0.717) is 5.92 Å². The normalized spacial score (nSPS) is 18.9. The van der Waals surface area contributed by atoms with E-state index in [4.69, 9.17) is 9.47 Å². The second-order valence-electron chi connectivity index (χ2n) is 6.67. The van der Waals surface area contributed by atoms with Crippen LogP contribution in [0.15, 0.2) is 30.5 Å². The minimum absolute atomic E-state index is 0.157. The minimum atomic E-state index is 0.157. The van der Waals surface area contributed by atoms with Gasteiger partial charge in [-0.2, -0.15) is 0 Å². The summed E-state index contributed by atoms with van der Waals surface area (Å²) in [5.74, 6) is 1.48. The van der Waals surface area contributed by atoms with Gasteiger partial charge in [0.05, 0.1) is 32.6 Å². The van der Waals surface area contributed by atoms with E-state index in [-0.39, 0.29) is 6.10 Å². The molecule has 1 atom stereocenters. The van der Waals surface area contributed by atoms with E-state index in [1.807, 2.05) is 35.1 Å². The van der Waals surface area contributed by atoms with Gasteiger partial charge < -0.3 is 9.47 Å². The highest BCUT2D eigenvalue weighted by molar-refractivity contribution is 5.65. The van der Waals surface area contributed by atoms with E-state index < -0.39 is 0 Å². The van der Waals surface area contributed by atoms with Gasteiger partial charge in [0, 0.05) is 25.2 Å². The lowest BCUT2D eigenvalue weighted by Crippen LogP contribution is -2.45. The summed E-state index contributed by atoms with van der Waals surface area (Å²) in [6.45, 7) is 9.08. The fourth-order valence-electron chi connectivity index (χ4n) is 3.15. The Morgan fingerprint density at radius 2 is 2.17 bits per heavy atom. The van der Waals surface area contributed by atoms with Gasteiger partial charge in [-0.25, -0.2) is 4.68 Å². The first kappa shape index (κ1) is 16.9. The Morgan fingerprint density at radius 1 is 1.33 bits per heavy atom. The first-order chi connectivity index (χ1) is 11.7. The van der Waals surface area contributed by atoms with E-state index in [0.717, 1.165) is 49.8 Å². The summed E-state index contributed by atoms with van der Waals surface area (Å²) in [6.07, 6.45) is 2.12. The Morgan fingerprint density at radius 3 is 2.96 bits per heavy atom. The number of methoxy groups -OCH3 is 1. The third-order valence-electron chi connectivity index (χ3n) is 4.16. The van der Waals surface area contributed by atoms with Crippen molar-refractivity contribution in [1.82, 2.24) is 19.9 Å². The van der Waals surface area contributed by atoms with Crippen LogP contribution in [-0.2, 0) is 11.3 Å². The van der Waals surface area contributed by atoms with Crippen LogP contribution in [-0.4, -0.2) is 59.3 Å². The molecule has 1 aliphatic heterocycles. The van der Waals surface area contributed by atoms with Crippen LogP contribution in [0.1, 0.15) is 13.8 Å². The van der Waals surface area contributed by atoms with E-state index in [9.17, 15) is 0 Å². The SMILES string of the molecule is COc1ccccc1-c1cn(CC2CN(CC(C)C)CCO2)nn1. The third-order valence-corrected chi connectivity index (χ3v) is 4.16. The van der Waals surface area contributed by atoms with Crippen molar-refractivity contribution in [2.24, 2.45) is 5.92 Å². The van der Waals surface area contributed by atoms with Crippen molar-refractivity contribution < 1.29 is 9.47 Å². The second kappa shape index (κ2) is 7.77. The zero-order chi connectivity index (χ0) is 16.9. The molecule has 0 N–H and O–H groups in total. The van der Waals surface area contributed by atoms with Crippen molar-refractivity contribution in [1.29, 1.82) is 0 Å². The number of rotatable bonds is 6. The number of ether oxygens (including phenoxy) is 2. The molecule has 0 amide bonds. The number of morpholine rings is 1. The lowest BCUT2D eigenvalue weighted by atomic mass is 10.1. The number of benzene rings is 1. The molecule has 0 aliphatic carbocycles. The Labute approximate surface area is 143 Å². The maximum atomic E-state index is 5.90. The van der Waals surface area contributed by atoms with Gasteiger partial charge in [-0.1, -0.05) is 31.2 Å². The predicted octanol–water partition coefficient (Wildman–Crippen LogP) is 2.31. The summed E-state index contributed by atoms with van der Waals surface area (Å²) in [5, 5.41) is 8.55. The molecule has 1 unspecified atom stereocenters. The number of aromatic nitrogens is 3. The molecule has 0 bridgehead atoms. The Hall–Kier alpha value is -1.92. The molecule has 1 fully saturated rings. The monoisotopic (exact) mass is 330 g/mol. The number of nitrogens with zero attached hydrogens (tertiary/aromatic N) is 4. The number of para-hydroxylation sites is 1. The van der Waals surface area contributed by atoms with Crippen LogP contribution < -0.4 is 4.74 Å². The van der Waals surface area contributed by atoms with Crippen molar-refractivity contribution >= 4 is 0 Å². The van der Waals surface area contributed by atoms with Crippen LogP contribution >= 0.6 is 0 Å². The van der Waals surface area contributed by atoms with E-state index in [1.54, 1.807) is 7.11 Å². The van der Waals surface area contributed by atoms with Gasteiger partial charge in [0.25, 0.3) is 0 Å². The third kappa shape index (κ3) is 4.13. The molecule has 2 aromatic rings. The van der Waals surface area contributed by atoms with Crippen LogP contribution in [0.2, 0.25) is 0 Å². The number of hydrogen-bond donors (Lipinski definition) is 0. The molecule has 1 saturated heterocycles. The van der Waals surface area contributed by atoms with Crippen molar-refractivity contribution in [3.63, 3.8) is 0 Å². The fraction of sp³-hybridized carbons (Fsp3) is 0.556. The predicted molar refractivity (Wildman–Crippen MR) is 93.0 cm³/mol. The molecular weight excluding hydrogens is 304 g/mol. The summed E-state index contributed by atoms with van der Waals surface area (Å²) in [7, 11) is 1.67. The Kier molecular flexibility index (Phi) is 5.48. The zero-order valence-corrected chi connectivity index (χ0v) is 14.7. The van der Waals surface area contributed by atoms with Crippen molar-refractivity contribution in [3.8, 4) is 17.0 Å². The zero-order valence-electron chi connectivity index (χ0n) is 14.7. The van der Waals surface area contributed by atoms with Gasteiger partial charge in [-0.15, -0.1) is 5.10 Å². The van der Waals surface area contributed by atoms with Crippen molar-refractivity contribution in [2.45, 2.75) is 26.5 Å². The average molecular weight is 330 g/mol. The molecule has 6 nitrogen and oxygen atoms in total. The van der Waals surface area contributed by atoms with Crippen molar-refractivity contribution in [2.75, 3.05) is 33.4 Å². The molecular formula is C18H26N4O2. The van der Waals surface area contributed by atoms with Gasteiger partial charge in [0.15, 0.2) is 0 Å². The summed E-state index contributed by atoms with van der Waals surface area (Å²) in [6, 6.07) is 7.86. The molecule has 1 aromatic carbocycles. The highest BCUT2D eigenvalue weighted by Gasteiger charge is 2.22. The quantitative estimate of drug-likeness (QED) is 0.813. The van der Waals surface area contributed by atoms with E-state index >= 15 is 0 Å². The molecule has 2 heterocycles. The smallest absolute Gasteiger partial charge is 0.128 e. The molecule has 0 radical (unpaired) electrons. The average Bonchev–Trinajstić information content (AvgIpc) is 3.03. The maximum Gasteiger partial charge on any atom is 0.128 e. The molecule has 130 valence electrons. The highest BCUT2D eigenvalue weighted by atomic mass is 16.5. The maximum absolute atomic E-state index is 5.90. The summed E-state index contributed by atoms with van der Waals surface area (Å²) in [5.41, 5.74) is 1.78. The van der Waals surface area contributed by atoms with Crippen LogP contribution in [0.3, 0.4) is 0 Å². The van der Waals surface area contributed by atoms with Gasteiger partial charge in [-0.05, 0) is 18.1 Å². The van der Waals surface area contributed by atoms with Crippen LogP contribution in [0.5, 0.6) is 5.75 Å². The molecule has 6 heteroatoms.